The number of carbonyl (C=O) groups is 1. The summed E-state index contributed by atoms with van der Waals surface area (Å²) in [5.41, 5.74) is 3.10. The first-order chi connectivity index (χ1) is 16.0. The van der Waals surface area contributed by atoms with Gasteiger partial charge in [0.05, 0.1) is 14.7 Å². The second-order valence-electron chi connectivity index (χ2n) is 7.06. The summed E-state index contributed by atoms with van der Waals surface area (Å²) in [6.07, 6.45) is 0. The number of hydrogen-bond donors (Lipinski definition) is 3. The van der Waals surface area contributed by atoms with Crippen LogP contribution in [0.25, 0.3) is 21.6 Å². The molecule has 33 heavy (non-hydrogen) atoms. The number of fused-ring (bicyclic) bond motifs is 1. The maximum atomic E-state index is 12.7. The molecule has 0 saturated carbocycles. The number of hydrogen-bond acceptors (Lipinski definition) is 7. The fourth-order valence-electron chi connectivity index (χ4n) is 3.20. The highest BCUT2D eigenvalue weighted by Gasteiger charge is 2.20. The third-order valence-electron chi connectivity index (χ3n) is 4.80. The van der Waals surface area contributed by atoms with E-state index in [2.05, 4.69) is 35.9 Å². The monoisotopic (exact) mass is 499 g/mol. The quantitative estimate of drug-likeness (QED) is 0.293. The summed E-state index contributed by atoms with van der Waals surface area (Å²) in [5.74, 6) is 0.507. The van der Waals surface area contributed by atoms with E-state index in [4.69, 9.17) is 27.9 Å². The molecule has 0 saturated heterocycles. The summed E-state index contributed by atoms with van der Waals surface area (Å²) in [5, 5.41) is 17.8. The van der Waals surface area contributed by atoms with E-state index in [1.165, 1.54) is 11.3 Å². The molecule has 3 N–H and O–H groups in total. The Morgan fingerprint density at radius 3 is 2.70 bits per heavy atom. The van der Waals surface area contributed by atoms with Crippen molar-refractivity contribution in [2.24, 2.45) is 0 Å². The Labute approximate surface area is 201 Å². The molecule has 0 atom stereocenters. The van der Waals surface area contributed by atoms with E-state index in [9.17, 15) is 4.79 Å². The van der Waals surface area contributed by atoms with Crippen molar-refractivity contribution in [3.63, 3.8) is 0 Å². The predicted octanol–water partition coefficient (Wildman–Crippen LogP) is 5.25. The lowest BCUT2D eigenvalue weighted by Gasteiger charge is -2.08. The number of benzene rings is 2. The van der Waals surface area contributed by atoms with Crippen molar-refractivity contribution in [1.82, 2.24) is 30.6 Å². The summed E-state index contributed by atoms with van der Waals surface area (Å²) >= 11 is 13.5. The first-order valence-corrected chi connectivity index (χ1v) is 11.3. The van der Waals surface area contributed by atoms with Gasteiger partial charge in [0.2, 0.25) is 5.82 Å². The van der Waals surface area contributed by atoms with Crippen molar-refractivity contribution in [3.8, 4) is 17.1 Å². The van der Waals surface area contributed by atoms with Gasteiger partial charge in [-0.15, -0.1) is 10.2 Å². The fourth-order valence-corrected chi connectivity index (χ4v) is 4.53. The standard InChI is InChI=1S/C21H15Cl2N7O2S/c1-10-15(22)16(23)18(24-10)20(31)26-21-25-17-13(32-9-11-5-3-2-4-6-11)7-12(8-14(17)33-21)19-27-29-30-28-19/h2-8,24H,9H2,1H3,(H,25,26,31)(H,27,28,29,30). The van der Waals surface area contributed by atoms with Gasteiger partial charge in [0.1, 0.15) is 23.6 Å². The van der Waals surface area contributed by atoms with Crippen molar-refractivity contribution in [2.45, 2.75) is 13.5 Å². The third-order valence-corrected chi connectivity index (χ3v) is 6.67. The van der Waals surface area contributed by atoms with Crippen LogP contribution in [0.5, 0.6) is 5.75 Å². The number of tetrazole rings is 1. The molecule has 166 valence electrons. The Morgan fingerprint density at radius 1 is 1.18 bits per heavy atom. The van der Waals surface area contributed by atoms with Crippen molar-refractivity contribution in [3.05, 3.63) is 69.5 Å². The number of nitrogens with zero attached hydrogens (tertiary/aromatic N) is 4. The highest BCUT2D eigenvalue weighted by molar-refractivity contribution is 7.22. The van der Waals surface area contributed by atoms with Crippen LogP contribution in [-0.4, -0.2) is 36.5 Å². The van der Waals surface area contributed by atoms with Crippen LogP contribution in [0, 0.1) is 6.92 Å². The van der Waals surface area contributed by atoms with Crippen LogP contribution in [0.4, 0.5) is 5.13 Å². The van der Waals surface area contributed by atoms with E-state index in [-0.39, 0.29) is 10.7 Å². The number of aromatic nitrogens is 6. The van der Waals surface area contributed by atoms with Gasteiger partial charge in [-0.25, -0.2) is 4.98 Å². The van der Waals surface area contributed by atoms with Gasteiger partial charge in [-0.3, -0.25) is 10.1 Å². The van der Waals surface area contributed by atoms with Crippen LogP contribution in [-0.2, 0) is 6.61 Å². The molecule has 1 amide bonds. The lowest BCUT2D eigenvalue weighted by atomic mass is 10.2. The molecule has 5 aromatic rings. The lowest BCUT2D eigenvalue weighted by molar-refractivity contribution is 0.102. The second-order valence-corrected chi connectivity index (χ2v) is 8.84. The van der Waals surface area contributed by atoms with Crippen LogP contribution in [0.3, 0.4) is 0 Å². The molecule has 12 heteroatoms. The minimum absolute atomic E-state index is 0.166. The Morgan fingerprint density at radius 2 is 2.00 bits per heavy atom. The van der Waals surface area contributed by atoms with E-state index in [1.54, 1.807) is 13.0 Å². The minimum atomic E-state index is -0.445. The molecule has 0 spiro atoms. The number of aromatic amines is 2. The molecule has 2 aromatic carbocycles. The molecule has 0 aliphatic heterocycles. The number of rotatable bonds is 6. The molecular formula is C21H15Cl2N7O2S. The number of aryl methyl sites for hydroxylation is 1. The number of carbonyl (C=O) groups excluding carboxylic acids is 1. The maximum Gasteiger partial charge on any atom is 0.275 e. The maximum absolute atomic E-state index is 12.7. The van der Waals surface area contributed by atoms with E-state index < -0.39 is 5.91 Å². The number of ether oxygens (including phenoxy) is 1. The first kappa shape index (κ1) is 21.4. The zero-order valence-electron chi connectivity index (χ0n) is 17.0. The number of anilines is 1. The van der Waals surface area contributed by atoms with Crippen molar-refractivity contribution < 1.29 is 9.53 Å². The lowest BCUT2D eigenvalue weighted by Crippen LogP contribution is -2.12. The Hall–Kier alpha value is -3.47. The molecule has 3 heterocycles. The van der Waals surface area contributed by atoms with E-state index in [0.29, 0.717) is 45.1 Å². The van der Waals surface area contributed by atoms with Crippen LogP contribution >= 0.6 is 34.5 Å². The molecule has 0 aliphatic rings. The highest BCUT2D eigenvalue weighted by Crippen LogP contribution is 2.37. The molecule has 0 unspecified atom stereocenters. The predicted molar refractivity (Wildman–Crippen MR) is 127 cm³/mol. The Balaban J connectivity index is 1.49. The number of thiazole rings is 1. The van der Waals surface area contributed by atoms with Gasteiger partial charge in [-0.2, -0.15) is 5.21 Å². The summed E-state index contributed by atoms with van der Waals surface area (Å²) in [4.78, 5) is 20.2. The van der Waals surface area contributed by atoms with Crippen molar-refractivity contribution in [1.29, 1.82) is 0 Å². The molecule has 9 nitrogen and oxygen atoms in total. The van der Waals surface area contributed by atoms with Crippen LogP contribution in [0.2, 0.25) is 10.0 Å². The Bertz CT molecular complexity index is 1450. The minimum Gasteiger partial charge on any atom is -0.487 e. The zero-order chi connectivity index (χ0) is 22.9. The highest BCUT2D eigenvalue weighted by atomic mass is 35.5. The smallest absolute Gasteiger partial charge is 0.275 e. The van der Waals surface area contributed by atoms with Gasteiger partial charge in [0.25, 0.3) is 5.91 Å². The number of H-pyrrole nitrogens is 2. The van der Waals surface area contributed by atoms with Crippen LogP contribution in [0.15, 0.2) is 42.5 Å². The SMILES string of the molecule is Cc1[nH]c(C(=O)Nc2nc3c(OCc4ccccc4)cc(-c4nn[nH]n4)cc3s2)c(Cl)c1Cl. The van der Waals surface area contributed by atoms with Crippen molar-refractivity contribution >= 4 is 55.8 Å². The summed E-state index contributed by atoms with van der Waals surface area (Å²) in [6, 6.07) is 13.4. The van der Waals surface area contributed by atoms with Gasteiger partial charge in [0, 0.05) is 11.3 Å². The fraction of sp³-hybridized carbons (Fsp3) is 0.0952. The molecular weight excluding hydrogens is 485 g/mol. The van der Waals surface area contributed by atoms with Gasteiger partial charge >= 0.3 is 0 Å². The average molecular weight is 500 g/mol. The van der Waals surface area contributed by atoms with Crippen molar-refractivity contribution in [2.75, 3.05) is 5.32 Å². The number of amides is 1. The average Bonchev–Trinajstić information content (AvgIpc) is 3.55. The summed E-state index contributed by atoms with van der Waals surface area (Å²) in [7, 11) is 0. The number of halogens is 2. The third kappa shape index (κ3) is 4.28. The van der Waals surface area contributed by atoms with Gasteiger partial charge in [0.15, 0.2) is 5.13 Å². The van der Waals surface area contributed by atoms with E-state index in [0.717, 1.165) is 10.3 Å². The second kappa shape index (κ2) is 8.81. The normalized spacial score (nSPS) is 11.1. The molecule has 5 rings (SSSR count). The molecule has 3 aromatic heterocycles. The Kier molecular flexibility index (Phi) is 5.71. The molecule has 0 aliphatic carbocycles. The van der Waals surface area contributed by atoms with Gasteiger partial charge in [-0.05, 0) is 29.8 Å². The number of nitrogens with one attached hydrogen (secondary N) is 3. The summed E-state index contributed by atoms with van der Waals surface area (Å²) in [6.45, 7) is 2.08. The van der Waals surface area contributed by atoms with Crippen LogP contribution < -0.4 is 10.1 Å². The topological polar surface area (TPSA) is 121 Å². The zero-order valence-corrected chi connectivity index (χ0v) is 19.3. The largest absolute Gasteiger partial charge is 0.487 e. The van der Waals surface area contributed by atoms with Gasteiger partial charge < -0.3 is 9.72 Å². The van der Waals surface area contributed by atoms with E-state index >= 15 is 0 Å². The summed E-state index contributed by atoms with van der Waals surface area (Å²) < 4.78 is 6.87. The molecule has 0 bridgehead atoms. The molecule has 0 fully saturated rings. The van der Waals surface area contributed by atoms with Gasteiger partial charge in [-0.1, -0.05) is 64.9 Å². The molecule has 0 radical (unpaired) electrons. The van der Waals surface area contributed by atoms with Crippen LogP contribution in [0.1, 0.15) is 21.7 Å². The van der Waals surface area contributed by atoms with E-state index in [1.807, 2.05) is 36.4 Å². The first-order valence-electron chi connectivity index (χ1n) is 9.69.